The Morgan fingerprint density at radius 1 is 0.484 bits per heavy atom. The molecule has 0 aliphatic heterocycles. The van der Waals surface area contributed by atoms with Crippen molar-refractivity contribution in [3.05, 3.63) is 108 Å². The lowest BCUT2D eigenvalue weighted by Crippen LogP contribution is -2.23. The molecule has 6 aromatic carbocycles. The van der Waals surface area contributed by atoms with Gasteiger partial charge in [-0.05, 0) is 83.5 Å². The molecule has 0 saturated carbocycles. The maximum Gasteiger partial charge on any atom is 0.0159 e. The summed E-state index contributed by atoms with van der Waals surface area (Å²) < 4.78 is 0. The molecule has 0 heterocycles. The average molecular weight is 395 g/mol. The van der Waals surface area contributed by atoms with Crippen LogP contribution in [0.15, 0.2) is 97.1 Å². The maximum atomic E-state index is 2.46. The summed E-state index contributed by atoms with van der Waals surface area (Å²) in [6.45, 7) is 4.76. The van der Waals surface area contributed by atoms with Crippen LogP contribution in [-0.2, 0) is 5.41 Å². The highest BCUT2D eigenvalue weighted by Gasteiger charge is 2.34. The van der Waals surface area contributed by atoms with Gasteiger partial charge in [-0.2, -0.15) is 0 Å². The summed E-state index contributed by atoms with van der Waals surface area (Å²) in [5.74, 6) is 0. The predicted octanol–water partition coefficient (Wildman–Crippen LogP) is 8.61. The van der Waals surface area contributed by atoms with E-state index < -0.39 is 0 Å². The van der Waals surface area contributed by atoms with Crippen molar-refractivity contribution in [1.82, 2.24) is 0 Å². The minimum Gasteiger partial charge on any atom is -0.0616 e. The Bertz CT molecular complexity index is 1700. The van der Waals surface area contributed by atoms with Crippen molar-refractivity contribution < 1.29 is 0 Å². The van der Waals surface area contributed by atoms with Crippen LogP contribution in [0.5, 0.6) is 0 Å². The molecule has 1 aliphatic carbocycles. The third-order valence-electron chi connectivity index (χ3n) is 7.39. The van der Waals surface area contributed by atoms with Crippen molar-refractivity contribution in [3.8, 4) is 11.1 Å². The van der Waals surface area contributed by atoms with Gasteiger partial charge in [0, 0.05) is 5.41 Å². The van der Waals surface area contributed by atoms with Crippen LogP contribution in [-0.4, -0.2) is 0 Å². The molecule has 0 N–H and O–H groups in total. The molecule has 0 spiro atoms. The first-order valence-corrected chi connectivity index (χ1v) is 11.0. The summed E-state index contributed by atoms with van der Waals surface area (Å²) in [6.07, 6.45) is 0. The van der Waals surface area contributed by atoms with E-state index in [2.05, 4.69) is 111 Å². The highest BCUT2D eigenvalue weighted by molar-refractivity contribution is 6.18. The van der Waals surface area contributed by atoms with Gasteiger partial charge in [0.05, 0.1) is 0 Å². The quantitative estimate of drug-likeness (QED) is 0.179. The van der Waals surface area contributed by atoms with Crippen LogP contribution in [0.25, 0.3) is 54.2 Å². The number of hydrogen-bond donors (Lipinski definition) is 0. The third-order valence-corrected chi connectivity index (χ3v) is 7.39. The SMILES string of the molecule is CC1(C)c2cc3ccc4ccccc4c3cc2-c2c3ccccc3cc3cccc1c23. The topological polar surface area (TPSA) is 0 Å². The zero-order valence-electron chi connectivity index (χ0n) is 17.7. The fraction of sp³-hybridized carbons (Fsp3) is 0.0968. The van der Waals surface area contributed by atoms with Crippen molar-refractivity contribution in [2.45, 2.75) is 19.3 Å². The Balaban J connectivity index is 1.76. The van der Waals surface area contributed by atoms with Gasteiger partial charge in [0.15, 0.2) is 0 Å². The van der Waals surface area contributed by atoms with Crippen LogP contribution in [0.1, 0.15) is 25.0 Å². The van der Waals surface area contributed by atoms with Crippen molar-refractivity contribution in [2.75, 3.05) is 0 Å². The first-order valence-electron chi connectivity index (χ1n) is 11.0. The Kier molecular flexibility index (Phi) is 3.16. The molecule has 0 heteroatoms. The maximum absolute atomic E-state index is 2.46. The molecular weight excluding hydrogens is 372 g/mol. The van der Waals surface area contributed by atoms with E-state index >= 15 is 0 Å². The summed E-state index contributed by atoms with van der Waals surface area (Å²) in [6, 6.07) is 36.2. The number of rotatable bonds is 0. The zero-order valence-corrected chi connectivity index (χ0v) is 17.7. The average Bonchev–Trinajstić information content (AvgIpc) is 2.80. The van der Waals surface area contributed by atoms with E-state index in [9.17, 15) is 0 Å². The fourth-order valence-electron chi connectivity index (χ4n) is 5.85. The largest absolute Gasteiger partial charge is 0.0616 e. The van der Waals surface area contributed by atoms with E-state index in [1.54, 1.807) is 0 Å². The van der Waals surface area contributed by atoms with E-state index in [1.165, 1.54) is 65.3 Å². The first kappa shape index (κ1) is 17.1. The standard InChI is InChI=1S/C31H22/c1-31(2)27-13-7-10-22-16-20-9-4-6-12-24(20)30(29(22)27)26-18-25-21(17-28(26)31)15-14-19-8-3-5-11-23(19)25/h3-18H,1-2H3. The van der Waals surface area contributed by atoms with Crippen LogP contribution in [0, 0.1) is 0 Å². The molecule has 6 aromatic rings. The van der Waals surface area contributed by atoms with Gasteiger partial charge < -0.3 is 0 Å². The Morgan fingerprint density at radius 2 is 1.16 bits per heavy atom. The van der Waals surface area contributed by atoms with Gasteiger partial charge >= 0.3 is 0 Å². The van der Waals surface area contributed by atoms with Gasteiger partial charge in [-0.3, -0.25) is 0 Å². The molecule has 31 heavy (non-hydrogen) atoms. The molecule has 0 unspecified atom stereocenters. The highest BCUT2D eigenvalue weighted by atomic mass is 14.4. The summed E-state index contributed by atoms with van der Waals surface area (Å²) in [4.78, 5) is 0. The minimum absolute atomic E-state index is 0.0515. The van der Waals surface area contributed by atoms with E-state index in [0.717, 1.165) is 0 Å². The number of benzene rings is 6. The molecule has 0 radical (unpaired) electrons. The van der Waals surface area contributed by atoms with Gasteiger partial charge in [-0.1, -0.05) is 92.7 Å². The monoisotopic (exact) mass is 394 g/mol. The van der Waals surface area contributed by atoms with Crippen molar-refractivity contribution in [3.63, 3.8) is 0 Å². The van der Waals surface area contributed by atoms with E-state index in [4.69, 9.17) is 0 Å². The van der Waals surface area contributed by atoms with Crippen molar-refractivity contribution in [2.24, 2.45) is 0 Å². The number of hydrogen-bond acceptors (Lipinski definition) is 0. The molecule has 0 aromatic heterocycles. The smallest absolute Gasteiger partial charge is 0.0159 e. The van der Waals surface area contributed by atoms with Crippen LogP contribution >= 0.6 is 0 Å². The second kappa shape index (κ2) is 5.74. The number of fused-ring (bicyclic) bond motifs is 7. The van der Waals surface area contributed by atoms with E-state index in [-0.39, 0.29) is 5.41 Å². The van der Waals surface area contributed by atoms with E-state index in [1.807, 2.05) is 0 Å². The lowest BCUT2D eigenvalue weighted by atomic mass is 9.67. The molecule has 0 fully saturated rings. The Morgan fingerprint density at radius 3 is 2.03 bits per heavy atom. The van der Waals surface area contributed by atoms with Gasteiger partial charge in [-0.15, -0.1) is 0 Å². The lowest BCUT2D eigenvalue weighted by Gasteiger charge is -2.36. The second-order valence-electron chi connectivity index (χ2n) is 9.41. The van der Waals surface area contributed by atoms with Gasteiger partial charge in [0.1, 0.15) is 0 Å². The zero-order chi connectivity index (χ0) is 20.7. The fourth-order valence-corrected chi connectivity index (χ4v) is 5.85. The van der Waals surface area contributed by atoms with Crippen LogP contribution in [0.3, 0.4) is 0 Å². The van der Waals surface area contributed by atoms with Crippen LogP contribution < -0.4 is 0 Å². The predicted molar refractivity (Wildman–Crippen MR) is 134 cm³/mol. The second-order valence-corrected chi connectivity index (χ2v) is 9.41. The Labute approximate surface area is 181 Å². The molecule has 0 amide bonds. The third kappa shape index (κ3) is 2.15. The molecule has 7 rings (SSSR count). The first-order chi connectivity index (χ1) is 15.1. The lowest BCUT2D eigenvalue weighted by molar-refractivity contribution is 0.646. The van der Waals surface area contributed by atoms with Gasteiger partial charge in [0.2, 0.25) is 0 Å². The minimum atomic E-state index is -0.0515. The molecule has 0 atom stereocenters. The van der Waals surface area contributed by atoms with Gasteiger partial charge in [0.25, 0.3) is 0 Å². The summed E-state index contributed by atoms with van der Waals surface area (Å²) in [5.41, 5.74) is 5.58. The Hall–Kier alpha value is -3.64. The molecule has 0 bridgehead atoms. The summed E-state index contributed by atoms with van der Waals surface area (Å²) in [5, 5.41) is 10.7. The van der Waals surface area contributed by atoms with Crippen LogP contribution in [0.4, 0.5) is 0 Å². The highest BCUT2D eigenvalue weighted by Crippen LogP contribution is 2.52. The summed E-state index contributed by atoms with van der Waals surface area (Å²) in [7, 11) is 0. The normalized spacial score (nSPS) is 14.4. The molecule has 0 nitrogen and oxygen atoms in total. The summed E-state index contributed by atoms with van der Waals surface area (Å²) >= 11 is 0. The molecular formula is C31H22. The van der Waals surface area contributed by atoms with Crippen LogP contribution in [0.2, 0.25) is 0 Å². The van der Waals surface area contributed by atoms with Crippen molar-refractivity contribution >= 4 is 43.1 Å². The van der Waals surface area contributed by atoms with Gasteiger partial charge in [-0.25, -0.2) is 0 Å². The molecule has 1 aliphatic rings. The van der Waals surface area contributed by atoms with Crippen molar-refractivity contribution in [1.29, 1.82) is 0 Å². The molecule has 146 valence electrons. The van der Waals surface area contributed by atoms with E-state index in [0.29, 0.717) is 0 Å². The molecule has 0 saturated heterocycles.